The molecular formula is C63H97N17O14S. The first kappa shape index (κ1) is 78.5. The molecule has 0 radical (unpaired) electrons. The molecule has 2 fully saturated rings. The van der Waals surface area contributed by atoms with Gasteiger partial charge in [-0.3, -0.25) is 62.5 Å². The normalized spacial score (nSPS) is 16.8. The summed E-state index contributed by atoms with van der Waals surface area (Å²) < 4.78 is 0. The topological polar surface area (TPSA) is 513 Å². The molecule has 2 aromatic carbocycles. The van der Waals surface area contributed by atoms with E-state index in [1.54, 1.807) is 80.8 Å². The van der Waals surface area contributed by atoms with E-state index in [9.17, 15) is 67.4 Å². The maximum atomic E-state index is 14.7. The van der Waals surface area contributed by atoms with Crippen molar-refractivity contribution in [3.05, 3.63) is 71.8 Å². The molecule has 0 saturated carbocycles. The van der Waals surface area contributed by atoms with E-state index in [0.29, 0.717) is 55.4 Å². The van der Waals surface area contributed by atoms with E-state index in [-0.39, 0.29) is 83.0 Å². The Morgan fingerprint density at radius 3 is 1.53 bits per heavy atom. The zero-order valence-corrected chi connectivity index (χ0v) is 55.2. The van der Waals surface area contributed by atoms with E-state index in [1.165, 1.54) is 21.6 Å². The predicted octanol–water partition coefficient (Wildman–Crippen LogP) is -3.11. The molecule has 524 valence electrons. The highest BCUT2D eigenvalue weighted by molar-refractivity contribution is 7.98. The molecule has 21 N–H and O–H groups in total. The van der Waals surface area contributed by atoms with Gasteiger partial charge in [0.1, 0.15) is 54.4 Å². The van der Waals surface area contributed by atoms with Gasteiger partial charge in [0.2, 0.25) is 70.9 Å². The summed E-state index contributed by atoms with van der Waals surface area (Å²) in [4.78, 5) is 184. The largest absolute Gasteiger partial charge is 0.480 e. The molecule has 0 spiro atoms. The second kappa shape index (κ2) is 41.0. The molecule has 0 bridgehead atoms. The summed E-state index contributed by atoms with van der Waals surface area (Å²) in [5.74, 6) is -10.6. The van der Waals surface area contributed by atoms with Crippen molar-refractivity contribution in [3.63, 3.8) is 0 Å². The standard InChI is InChI=1S/C63H97N17O14S/c1-37(2)33-45(56(87)76-44(62(93)94)27-32-95-3)72-52(83)36-71-53(84)46(34-38-15-6-4-7-16-38)77-57(88)47(35-39-17-8-5-9-18-39)78-55(86)41(23-25-50(66)81)73-54(85)42(24-26-51(67)82)74-58(89)49-22-14-31-80(49)61(92)43(20-10-11-28-64)75-59(90)48-21-13-30-79(48)60(91)40(65)19-12-29-70-63(68)69/h4-9,15-18,37,40-49H,10-14,19-36,64-65H2,1-3H3,(H2,66,81)(H2,67,82)(H,71,84)(H,72,83)(H,73,85)(H,74,89)(H,75,90)(H,76,87)(H,77,88)(H,78,86)(H,93,94)(H4,68,69,70)/t40-,41-,42+,43+,44-,45+,46-,47+,48-,49-/m0/s1. The summed E-state index contributed by atoms with van der Waals surface area (Å²) in [7, 11) is 0. The Labute approximate surface area is 557 Å². The number of unbranched alkanes of at least 4 members (excludes halogenated alkanes) is 1. The molecule has 95 heavy (non-hydrogen) atoms. The number of hydrogen-bond donors (Lipinski definition) is 15. The molecule has 2 saturated heterocycles. The van der Waals surface area contributed by atoms with Crippen LogP contribution in [0.25, 0.3) is 0 Å². The van der Waals surface area contributed by atoms with Gasteiger partial charge in [-0.2, -0.15) is 11.8 Å². The van der Waals surface area contributed by atoms with Crippen LogP contribution in [-0.2, 0) is 75.2 Å². The molecule has 0 unspecified atom stereocenters. The number of guanidine groups is 1. The Hall–Kier alpha value is -8.91. The van der Waals surface area contributed by atoms with Gasteiger partial charge in [0.05, 0.1) is 12.6 Å². The first-order valence-corrected chi connectivity index (χ1v) is 33.5. The first-order chi connectivity index (χ1) is 45.2. The molecule has 12 amide bonds. The minimum atomic E-state index is -1.65. The number of benzene rings is 2. The smallest absolute Gasteiger partial charge is 0.326 e. The first-order valence-electron chi connectivity index (χ1n) is 32.1. The fourth-order valence-electron chi connectivity index (χ4n) is 11.0. The second-order valence-corrected chi connectivity index (χ2v) is 25.0. The minimum absolute atomic E-state index is 0.0706. The van der Waals surface area contributed by atoms with Gasteiger partial charge in [-0.1, -0.05) is 74.5 Å². The molecule has 2 aliphatic heterocycles. The van der Waals surface area contributed by atoms with Crippen LogP contribution in [-0.4, -0.2) is 203 Å². The van der Waals surface area contributed by atoms with Crippen molar-refractivity contribution in [2.45, 2.75) is 183 Å². The number of aliphatic carboxylic acids is 1. The maximum absolute atomic E-state index is 14.7. The van der Waals surface area contributed by atoms with Gasteiger partial charge in [-0.25, -0.2) is 4.79 Å². The Balaban J connectivity index is 1.56. The Morgan fingerprint density at radius 2 is 1.03 bits per heavy atom. The van der Waals surface area contributed by atoms with Crippen LogP contribution in [0.15, 0.2) is 65.7 Å². The molecule has 0 aromatic heterocycles. The number of rotatable bonds is 42. The number of amides is 12. The quantitative estimate of drug-likeness (QED) is 0.0178. The van der Waals surface area contributed by atoms with Crippen molar-refractivity contribution in [2.75, 3.05) is 44.7 Å². The number of nitrogens with two attached hydrogens (primary N) is 6. The van der Waals surface area contributed by atoms with Gasteiger partial charge < -0.3 is 91.8 Å². The lowest BCUT2D eigenvalue weighted by Crippen LogP contribution is -2.60. The van der Waals surface area contributed by atoms with E-state index >= 15 is 0 Å². The minimum Gasteiger partial charge on any atom is -0.480 e. The summed E-state index contributed by atoms with van der Waals surface area (Å²) in [6, 6.07) is 4.12. The zero-order chi connectivity index (χ0) is 70.1. The highest BCUT2D eigenvalue weighted by atomic mass is 32.2. The monoisotopic (exact) mass is 1350 g/mol. The van der Waals surface area contributed by atoms with Crippen LogP contribution in [0.2, 0.25) is 0 Å². The van der Waals surface area contributed by atoms with Crippen molar-refractivity contribution in [2.24, 2.45) is 45.3 Å². The number of carboxylic acid groups (broad SMARTS) is 1. The molecular weight excluding hydrogens is 1250 g/mol. The maximum Gasteiger partial charge on any atom is 0.326 e. The lowest BCUT2D eigenvalue weighted by Gasteiger charge is -2.32. The van der Waals surface area contributed by atoms with Gasteiger partial charge in [0, 0.05) is 45.3 Å². The molecule has 2 aliphatic rings. The van der Waals surface area contributed by atoms with Crippen LogP contribution in [0.3, 0.4) is 0 Å². The van der Waals surface area contributed by atoms with Crippen molar-refractivity contribution < 1.29 is 67.4 Å². The number of aliphatic imine (C=N–C) groups is 1. The summed E-state index contributed by atoms with van der Waals surface area (Å²) in [5.41, 5.74) is 35.0. The third kappa shape index (κ3) is 27.5. The SMILES string of the molecule is CSCC[C@H](NC(=O)[C@@H](CC(C)C)NC(=O)CNC(=O)[C@H](Cc1ccccc1)NC(=O)[C@@H](Cc1ccccc1)NC(=O)[C@H](CCC(N)=O)NC(=O)[C@@H](CCC(N)=O)NC(=O)[C@@H]1CCCN1C(=O)[C@@H](CCCCN)NC(=O)[C@@H]1CCCN1C(=O)[C@@H](N)CCCN=C(N)N)C(=O)O. The van der Waals surface area contributed by atoms with E-state index in [4.69, 9.17) is 34.4 Å². The number of likely N-dealkylation sites (tertiary alicyclic amines) is 2. The molecule has 10 atom stereocenters. The highest BCUT2D eigenvalue weighted by Crippen LogP contribution is 2.24. The van der Waals surface area contributed by atoms with Gasteiger partial charge >= 0.3 is 5.97 Å². The van der Waals surface area contributed by atoms with Gasteiger partial charge in [0.25, 0.3) is 0 Å². The number of carbonyl (C=O) groups excluding carboxylic acids is 12. The molecule has 0 aliphatic carbocycles. The fraction of sp³-hybridized carbons (Fsp3) is 0.587. The van der Waals surface area contributed by atoms with Gasteiger partial charge in [-0.15, -0.1) is 0 Å². The van der Waals surface area contributed by atoms with Crippen LogP contribution in [0.5, 0.6) is 0 Å². The molecule has 2 aromatic rings. The van der Waals surface area contributed by atoms with E-state index in [1.807, 2.05) is 0 Å². The van der Waals surface area contributed by atoms with Crippen molar-refractivity contribution in [1.29, 1.82) is 0 Å². The predicted molar refractivity (Wildman–Crippen MR) is 354 cm³/mol. The number of nitrogens with zero attached hydrogens (tertiary/aromatic N) is 3. The average molecular weight is 1350 g/mol. The van der Waals surface area contributed by atoms with E-state index < -0.39 is 170 Å². The third-order valence-corrected chi connectivity index (χ3v) is 16.6. The van der Waals surface area contributed by atoms with Crippen LogP contribution in [0.4, 0.5) is 0 Å². The van der Waals surface area contributed by atoms with Crippen molar-refractivity contribution in [1.82, 2.24) is 52.3 Å². The Morgan fingerprint density at radius 1 is 0.558 bits per heavy atom. The van der Waals surface area contributed by atoms with Crippen LogP contribution < -0.4 is 76.9 Å². The number of carboxylic acids is 1. The third-order valence-electron chi connectivity index (χ3n) is 16.0. The fourth-order valence-corrected chi connectivity index (χ4v) is 11.5. The number of nitrogens with one attached hydrogen (secondary N) is 8. The second-order valence-electron chi connectivity index (χ2n) is 24.1. The number of thioether (sulfide) groups is 1. The lowest BCUT2D eigenvalue weighted by molar-refractivity contribution is -0.144. The zero-order valence-electron chi connectivity index (χ0n) is 54.4. The molecule has 32 heteroatoms. The van der Waals surface area contributed by atoms with Crippen LogP contribution in [0, 0.1) is 5.92 Å². The van der Waals surface area contributed by atoms with Gasteiger partial charge in [-0.05, 0) is 119 Å². The van der Waals surface area contributed by atoms with Crippen LogP contribution in [0.1, 0.15) is 121 Å². The van der Waals surface area contributed by atoms with Crippen molar-refractivity contribution >= 4 is 94.6 Å². The highest BCUT2D eigenvalue weighted by Gasteiger charge is 2.42. The molecule has 2 heterocycles. The number of primary amides is 2. The van der Waals surface area contributed by atoms with E-state index in [0.717, 1.165) is 0 Å². The molecule has 31 nitrogen and oxygen atoms in total. The van der Waals surface area contributed by atoms with Crippen LogP contribution >= 0.6 is 11.8 Å². The van der Waals surface area contributed by atoms with Crippen molar-refractivity contribution in [3.8, 4) is 0 Å². The lowest BCUT2D eigenvalue weighted by atomic mass is 10.0. The summed E-state index contributed by atoms with van der Waals surface area (Å²) >= 11 is 1.40. The van der Waals surface area contributed by atoms with Gasteiger partial charge in [0.15, 0.2) is 5.96 Å². The summed E-state index contributed by atoms with van der Waals surface area (Å²) in [6.45, 7) is 3.78. The van der Waals surface area contributed by atoms with E-state index in [2.05, 4.69) is 47.5 Å². The molecule has 4 rings (SSSR count). The average Bonchev–Trinajstić information content (AvgIpc) is 1.74. The number of carbonyl (C=O) groups is 13. The Bertz CT molecular complexity index is 2960. The summed E-state index contributed by atoms with van der Waals surface area (Å²) in [5, 5.41) is 30.6. The number of hydrogen-bond acceptors (Lipinski definition) is 17. The Kier molecular flexibility index (Phi) is 33.9. The summed E-state index contributed by atoms with van der Waals surface area (Å²) in [6.07, 6.45) is 2.86.